The van der Waals surface area contributed by atoms with E-state index in [9.17, 15) is 0 Å². The van der Waals surface area contributed by atoms with Crippen LogP contribution in [0.2, 0.25) is 0 Å². The van der Waals surface area contributed by atoms with Crippen molar-refractivity contribution in [2.24, 2.45) is 0 Å². The summed E-state index contributed by atoms with van der Waals surface area (Å²) < 4.78 is 11.1. The van der Waals surface area contributed by atoms with Crippen molar-refractivity contribution >= 4 is 24.3 Å². The predicted octanol–water partition coefficient (Wildman–Crippen LogP) is 14.5. The fourth-order valence-electron chi connectivity index (χ4n) is 6.93. The van der Waals surface area contributed by atoms with E-state index in [-0.39, 0.29) is 0 Å². The first-order valence-corrected chi connectivity index (χ1v) is 20.4. The molecule has 50 heavy (non-hydrogen) atoms. The molecule has 0 aliphatic rings. The molecule has 3 aromatic rings. The van der Waals surface area contributed by atoms with Crippen LogP contribution in [0.15, 0.2) is 48.5 Å². The van der Waals surface area contributed by atoms with Gasteiger partial charge in [0.25, 0.3) is 0 Å². The number of methoxy groups -OCH3 is 2. The minimum absolute atomic E-state index is 0.815. The summed E-state index contributed by atoms with van der Waals surface area (Å²) in [6.45, 7) is 9.20. The van der Waals surface area contributed by atoms with E-state index in [4.69, 9.17) is 9.47 Å². The van der Waals surface area contributed by atoms with Gasteiger partial charge in [-0.1, -0.05) is 159 Å². The topological polar surface area (TPSA) is 18.5 Å². The Morgan fingerprint density at radius 1 is 0.400 bits per heavy atom. The average Bonchev–Trinajstić information content (AvgIpc) is 3.14. The van der Waals surface area contributed by atoms with E-state index in [0.29, 0.717) is 0 Å². The van der Waals surface area contributed by atoms with E-state index in [1.54, 1.807) is 14.2 Å². The van der Waals surface area contributed by atoms with Gasteiger partial charge >= 0.3 is 0 Å². The summed E-state index contributed by atoms with van der Waals surface area (Å²) in [6, 6.07) is 18.5. The molecule has 0 saturated heterocycles. The summed E-state index contributed by atoms with van der Waals surface area (Å²) in [5.74, 6) is 1.63. The number of unbranched alkanes of at least 4 members (excludes halogenated alkanes) is 12. The van der Waals surface area contributed by atoms with Gasteiger partial charge in [-0.25, -0.2) is 0 Å². The predicted molar refractivity (Wildman–Crippen MR) is 222 cm³/mol. The molecule has 0 heterocycles. The number of aryl methyl sites for hydroxylation is 4. The molecular weight excluding hydrogens is 609 g/mol. The highest BCUT2D eigenvalue weighted by Crippen LogP contribution is 2.29. The minimum atomic E-state index is 0.815. The van der Waals surface area contributed by atoms with Crippen LogP contribution in [-0.2, 0) is 25.7 Å². The highest BCUT2D eigenvalue weighted by molar-refractivity contribution is 5.77. The fraction of sp³-hybridized carbons (Fsp3) is 0.542. The lowest BCUT2D eigenvalue weighted by molar-refractivity contribution is 0.394. The van der Waals surface area contributed by atoms with Gasteiger partial charge in [-0.15, -0.1) is 0 Å². The molecule has 0 N–H and O–H groups in total. The van der Waals surface area contributed by atoms with E-state index < -0.39 is 0 Å². The summed E-state index contributed by atoms with van der Waals surface area (Å²) in [7, 11) is 3.43. The SMILES string of the molecule is CCCCCCc1ccc(CCCCCC)c(/C=C/c2cc(CCCCCC)c(/C=C/c3cc(OC)cc(OC)c3)cc2CCCCCC)c1. The van der Waals surface area contributed by atoms with Crippen LogP contribution >= 0.6 is 0 Å². The second kappa shape index (κ2) is 24.8. The minimum Gasteiger partial charge on any atom is -0.497 e. The van der Waals surface area contributed by atoms with E-state index in [2.05, 4.69) is 94.5 Å². The van der Waals surface area contributed by atoms with Crippen LogP contribution in [0.5, 0.6) is 11.5 Å². The van der Waals surface area contributed by atoms with Crippen molar-refractivity contribution in [1.82, 2.24) is 0 Å². The highest BCUT2D eigenvalue weighted by atomic mass is 16.5. The molecule has 0 unspecified atom stereocenters. The van der Waals surface area contributed by atoms with Crippen molar-refractivity contribution < 1.29 is 9.47 Å². The summed E-state index contributed by atoms with van der Waals surface area (Å²) in [5, 5.41) is 0. The quantitative estimate of drug-likeness (QED) is 0.0621. The standard InChI is InChI=1S/C48H70O2/c1-7-11-15-19-23-39-27-29-41(24-20-16-12-8-2)44(33-39)31-32-46-37-42(25-21-17-13-9-3)45(36-43(46)26-22-18-14-10-4)30-28-40-34-47(49-5)38-48(35-40)50-6/h27-38H,7-26H2,1-6H3/b30-28+,32-31+. The van der Waals surface area contributed by atoms with Gasteiger partial charge in [-0.05, 0) is 108 Å². The maximum absolute atomic E-state index is 5.57. The highest BCUT2D eigenvalue weighted by Gasteiger charge is 2.10. The molecule has 0 aromatic heterocycles. The Morgan fingerprint density at radius 2 is 0.820 bits per heavy atom. The van der Waals surface area contributed by atoms with Gasteiger partial charge in [0.1, 0.15) is 11.5 Å². The molecule has 2 heteroatoms. The van der Waals surface area contributed by atoms with Crippen molar-refractivity contribution in [2.45, 2.75) is 156 Å². The molecule has 0 bridgehead atoms. The lowest BCUT2D eigenvalue weighted by atomic mass is 9.90. The van der Waals surface area contributed by atoms with Gasteiger partial charge in [-0.3, -0.25) is 0 Å². The zero-order valence-corrected chi connectivity index (χ0v) is 32.9. The van der Waals surface area contributed by atoms with E-state index in [0.717, 1.165) is 29.9 Å². The summed E-state index contributed by atoms with van der Waals surface area (Å²) in [6.07, 6.45) is 34.6. The fourth-order valence-corrected chi connectivity index (χ4v) is 6.93. The maximum Gasteiger partial charge on any atom is 0.123 e. The third-order valence-corrected chi connectivity index (χ3v) is 10.1. The lowest BCUT2D eigenvalue weighted by Gasteiger charge is -2.15. The van der Waals surface area contributed by atoms with Crippen molar-refractivity contribution in [2.75, 3.05) is 14.2 Å². The van der Waals surface area contributed by atoms with Crippen LogP contribution in [0, 0.1) is 0 Å². The molecule has 0 fully saturated rings. The normalized spacial score (nSPS) is 11.6. The number of hydrogen-bond acceptors (Lipinski definition) is 2. The lowest BCUT2D eigenvalue weighted by Crippen LogP contribution is -1.98. The van der Waals surface area contributed by atoms with Gasteiger partial charge in [0.15, 0.2) is 0 Å². The van der Waals surface area contributed by atoms with Crippen molar-refractivity contribution in [1.29, 1.82) is 0 Å². The second-order valence-electron chi connectivity index (χ2n) is 14.3. The van der Waals surface area contributed by atoms with Gasteiger partial charge in [0.2, 0.25) is 0 Å². The number of benzene rings is 3. The third kappa shape index (κ3) is 14.9. The summed E-state index contributed by atoms with van der Waals surface area (Å²) >= 11 is 0. The largest absolute Gasteiger partial charge is 0.497 e. The van der Waals surface area contributed by atoms with Gasteiger partial charge in [-0.2, -0.15) is 0 Å². The Balaban J connectivity index is 2.04. The first kappa shape index (κ1) is 41.2. The number of hydrogen-bond donors (Lipinski definition) is 0. The zero-order valence-electron chi connectivity index (χ0n) is 32.9. The molecule has 0 amide bonds. The van der Waals surface area contributed by atoms with Crippen LogP contribution in [0.25, 0.3) is 24.3 Å². The molecule has 274 valence electrons. The van der Waals surface area contributed by atoms with Crippen LogP contribution in [0.4, 0.5) is 0 Å². The Labute approximate surface area is 307 Å². The van der Waals surface area contributed by atoms with Crippen molar-refractivity contribution in [3.63, 3.8) is 0 Å². The summed E-state index contributed by atoms with van der Waals surface area (Å²) in [5.41, 5.74) is 11.2. The van der Waals surface area contributed by atoms with Crippen molar-refractivity contribution in [3.8, 4) is 11.5 Å². The maximum atomic E-state index is 5.57. The third-order valence-electron chi connectivity index (χ3n) is 10.1. The monoisotopic (exact) mass is 679 g/mol. The average molecular weight is 679 g/mol. The molecule has 0 aliphatic heterocycles. The van der Waals surface area contributed by atoms with Gasteiger partial charge in [0, 0.05) is 6.07 Å². The van der Waals surface area contributed by atoms with Crippen LogP contribution in [-0.4, -0.2) is 14.2 Å². The second-order valence-corrected chi connectivity index (χ2v) is 14.3. The Bertz CT molecular complexity index is 1410. The van der Waals surface area contributed by atoms with Gasteiger partial charge < -0.3 is 9.47 Å². The molecular formula is C48H70O2. The summed E-state index contributed by atoms with van der Waals surface area (Å²) in [4.78, 5) is 0. The Morgan fingerprint density at radius 3 is 1.28 bits per heavy atom. The van der Waals surface area contributed by atoms with E-state index in [1.807, 2.05) is 6.07 Å². The molecule has 2 nitrogen and oxygen atoms in total. The van der Waals surface area contributed by atoms with Crippen LogP contribution in [0.3, 0.4) is 0 Å². The van der Waals surface area contributed by atoms with E-state index in [1.165, 1.54) is 155 Å². The number of rotatable bonds is 26. The first-order valence-electron chi connectivity index (χ1n) is 20.4. The molecule has 0 atom stereocenters. The molecule has 0 saturated carbocycles. The van der Waals surface area contributed by atoms with Crippen LogP contribution < -0.4 is 9.47 Å². The first-order chi connectivity index (χ1) is 24.5. The molecule has 0 aliphatic carbocycles. The van der Waals surface area contributed by atoms with Gasteiger partial charge in [0.05, 0.1) is 14.2 Å². The molecule has 0 spiro atoms. The molecule has 3 aromatic carbocycles. The molecule has 3 rings (SSSR count). The van der Waals surface area contributed by atoms with Crippen molar-refractivity contribution in [3.05, 3.63) is 93.0 Å². The smallest absolute Gasteiger partial charge is 0.123 e. The number of ether oxygens (including phenoxy) is 2. The Hall–Kier alpha value is -3.26. The van der Waals surface area contributed by atoms with E-state index >= 15 is 0 Å². The van der Waals surface area contributed by atoms with Crippen LogP contribution in [0.1, 0.15) is 175 Å². The zero-order chi connectivity index (χ0) is 35.8. The molecule has 0 radical (unpaired) electrons. The Kier molecular flexibility index (Phi) is 20.4.